The van der Waals surface area contributed by atoms with E-state index < -0.39 is 23.5 Å². The van der Waals surface area contributed by atoms with Crippen LogP contribution in [0.25, 0.3) is 52.7 Å². The van der Waals surface area contributed by atoms with Gasteiger partial charge in [0, 0.05) is 78.0 Å². The number of carbonyl (C=O) groups excluding carboxylic acids is 5. The van der Waals surface area contributed by atoms with E-state index in [2.05, 4.69) is 10.6 Å². The van der Waals surface area contributed by atoms with Gasteiger partial charge in [0.05, 0.1) is 16.5 Å². The summed E-state index contributed by atoms with van der Waals surface area (Å²) in [6.45, 7) is 8.86. The Morgan fingerprint density at radius 1 is 0.623 bits per heavy atom. The second-order valence-electron chi connectivity index (χ2n) is 15.2. The summed E-state index contributed by atoms with van der Waals surface area (Å²) < 4.78 is 24.4. The first-order chi connectivity index (χ1) is 29.3. The van der Waals surface area contributed by atoms with Crippen LogP contribution in [0.4, 0.5) is 0 Å². The normalized spacial score (nSPS) is 11.4. The van der Waals surface area contributed by atoms with Crippen LogP contribution >= 0.6 is 11.3 Å². The number of hydrogen-bond donors (Lipinski definition) is 2. The molecule has 314 valence electrons. The molecule has 0 aliphatic heterocycles. The molecule has 7 aromatic rings. The van der Waals surface area contributed by atoms with E-state index in [1.807, 2.05) is 62.4 Å². The van der Waals surface area contributed by atoms with Crippen LogP contribution in [0.5, 0.6) is 17.2 Å². The molecule has 0 unspecified atom stereocenters. The zero-order chi connectivity index (χ0) is 43.4. The number of aryl methyl sites for hydroxylation is 3. The topological polar surface area (TPSA) is 167 Å². The van der Waals surface area contributed by atoms with Gasteiger partial charge in [-0.25, -0.2) is 4.79 Å². The second kappa shape index (κ2) is 18.3. The Morgan fingerprint density at radius 3 is 1.90 bits per heavy atom. The molecular weight excluding hydrogens is 797 g/mol. The fraction of sp³-hybridized carbons (Fsp3) is 0.292. The Hall–Kier alpha value is -6.60. The minimum Gasteiger partial charge on any atom is -0.425 e. The molecule has 0 aliphatic rings. The molecule has 13 heteroatoms. The second-order valence-corrected chi connectivity index (χ2v) is 16.2. The Balaban J connectivity index is 1.01. The fourth-order valence-electron chi connectivity index (χ4n) is 7.81. The van der Waals surface area contributed by atoms with Gasteiger partial charge >= 0.3 is 23.5 Å². The molecule has 0 radical (unpaired) electrons. The lowest BCUT2D eigenvalue weighted by atomic mass is 9.96. The van der Waals surface area contributed by atoms with Gasteiger partial charge in [0.2, 0.25) is 11.8 Å². The van der Waals surface area contributed by atoms with E-state index in [1.54, 1.807) is 12.1 Å². The molecule has 2 amide bonds. The van der Waals surface area contributed by atoms with Crippen molar-refractivity contribution in [2.75, 3.05) is 13.1 Å². The fourth-order valence-corrected chi connectivity index (χ4v) is 9.12. The van der Waals surface area contributed by atoms with Crippen molar-refractivity contribution in [1.82, 2.24) is 10.6 Å². The molecule has 0 saturated heterocycles. The molecule has 0 saturated carbocycles. The SMILES string of the molecule is CC(=O)Oc1c2ccc(CCC(=O)NCCCCCCNC(=O)Cc3cc(=O)oc4cc(C)ccc34)cc2c(OC(C)=O)c2c1sc1c(C)c3ccccc3c(OC(C)=O)c12. The van der Waals surface area contributed by atoms with E-state index in [0.717, 1.165) is 57.8 Å². The van der Waals surface area contributed by atoms with Gasteiger partial charge in [-0.15, -0.1) is 11.3 Å². The molecule has 2 heterocycles. The van der Waals surface area contributed by atoms with E-state index in [0.29, 0.717) is 73.8 Å². The quantitative estimate of drug-likeness (QED) is 0.0441. The van der Waals surface area contributed by atoms with Crippen LogP contribution in [0, 0.1) is 13.8 Å². The summed E-state index contributed by atoms with van der Waals surface area (Å²) >= 11 is 1.36. The average molecular weight is 843 g/mol. The van der Waals surface area contributed by atoms with Crippen LogP contribution in [0.3, 0.4) is 0 Å². The molecule has 12 nitrogen and oxygen atoms in total. The van der Waals surface area contributed by atoms with Crippen molar-refractivity contribution in [3.63, 3.8) is 0 Å². The average Bonchev–Trinajstić information content (AvgIpc) is 3.61. The molecule has 0 atom stereocenters. The first-order valence-corrected chi connectivity index (χ1v) is 21.1. The number of esters is 3. The van der Waals surface area contributed by atoms with Crippen molar-refractivity contribution >= 4 is 93.7 Å². The third-order valence-electron chi connectivity index (χ3n) is 10.5. The van der Waals surface area contributed by atoms with Gasteiger partial charge < -0.3 is 29.3 Å². The summed E-state index contributed by atoms with van der Waals surface area (Å²) in [7, 11) is 0. The number of hydrogen-bond acceptors (Lipinski definition) is 11. The van der Waals surface area contributed by atoms with Crippen LogP contribution in [-0.4, -0.2) is 42.8 Å². The number of thiophene rings is 1. The van der Waals surface area contributed by atoms with Crippen molar-refractivity contribution in [3.05, 3.63) is 99.4 Å². The maximum atomic E-state index is 12.9. The lowest BCUT2D eigenvalue weighted by molar-refractivity contribution is -0.132. The number of amides is 2. The zero-order valence-electron chi connectivity index (χ0n) is 34.7. The standard InChI is InChI=1S/C48H46N2O10S/c1-26-14-17-34-32(25-41(56)60-38(34)22-26)24-40(55)50-21-11-7-6-10-20-49-39(54)19-16-31-15-18-36-37(23-31)45(58-29(4)52)43-42-44(57-28(3)51)35-13-9-8-12-33(35)27(2)47(42)61-48(43)46(36)59-30(5)53/h8-9,12-15,17-18,22-23,25H,6-7,10-11,16,19-21,24H2,1-5H3,(H,49,54)(H,50,55). The van der Waals surface area contributed by atoms with Gasteiger partial charge in [0.1, 0.15) is 17.1 Å². The number of carbonyl (C=O) groups is 5. The highest BCUT2D eigenvalue weighted by Crippen LogP contribution is 2.54. The number of rotatable bonds is 15. The van der Waals surface area contributed by atoms with Gasteiger partial charge in [-0.05, 0) is 72.9 Å². The molecule has 0 bridgehead atoms. The van der Waals surface area contributed by atoms with Crippen molar-refractivity contribution in [2.24, 2.45) is 0 Å². The van der Waals surface area contributed by atoms with Gasteiger partial charge in [-0.2, -0.15) is 0 Å². The molecule has 61 heavy (non-hydrogen) atoms. The van der Waals surface area contributed by atoms with Crippen LogP contribution in [-0.2, 0) is 36.8 Å². The molecule has 2 aromatic heterocycles. The first-order valence-electron chi connectivity index (χ1n) is 20.3. The van der Waals surface area contributed by atoms with Crippen molar-refractivity contribution in [1.29, 1.82) is 0 Å². The first kappa shape index (κ1) is 42.5. The molecule has 7 rings (SSSR count). The monoisotopic (exact) mass is 842 g/mol. The van der Waals surface area contributed by atoms with Crippen LogP contribution in [0.15, 0.2) is 75.9 Å². The molecule has 0 fully saturated rings. The van der Waals surface area contributed by atoms with Gasteiger partial charge in [0.15, 0.2) is 5.75 Å². The van der Waals surface area contributed by atoms with Gasteiger partial charge in [0.25, 0.3) is 0 Å². The van der Waals surface area contributed by atoms with Crippen LogP contribution in [0.2, 0.25) is 0 Å². The Labute approximate surface area is 355 Å². The Bertz CT molecular complexity index is 2960. The van der Waals surface area contributed by atoms with Gasteiger partial charge in [-0.3, -0.25) is 24.0 Å². The predicted molar refractivity (Wildman–Crippen MR) is 237 cm³/mol. The minimum atomic E-state index is -0.563. The summed E-state index contributed by atoms with van der Waals surface area (Å²) in [5.41, 5.74) is 3.31. The third-order valence-corrected chi connectivity index (χ3v) is 11.8. The molecular formula is C48H46N2O10S. The number of ether oxygens (including phenoxy) is 3. The smallest absolute Gasteiger partial charge is 0.336 e. The summed E-state index contributed by atoms with van der Waals surface area (Å²) in [4.78, 5) is 75.4. The molecule has 2 N–H and O–H groups in total. The lowest BCUT2D eigenvalue weighted by Gasteiger charge is -2.16. The number of benzene rings is 5. The number of unbranched alkanes of at least 4 members (excludes halogenated alkanes) is 3. The summed E-state index contributed by atoms with van der Waals surface area (Å²) in [6.07, 6.45) is 3.98. The van der Waals surface area contributed by atoms with E-state index in [4.69, 9.17) is 18.6 Å². The molecule has 0 spiro atoms. The number of nitrogens with one attached hydrogen (secondary N) is 2. The van der Waals surface area contributed by atoms with Crippen LogP contribution < -0.4 is 30.5 Å². The molecule has 5 aromatic carbocycles. The van der Waals surface area contributed by atoms with Crippen molar-refractivity contribution < 1.29 is 42.6 Å². The zero-order valence-corrected chi connectivity index (χ0v) is 35.5. The summed E-state index contributed by atoms with van der Waals surface area (Å²) in [6, 6.07) is 20.0. The Morgan fingerprint density at radius 2 is 1.21 bits per heavy atom. The third kappa shape index (κ3) is 9.42. The van der Waals surface area contributed by atoms with Crippen molar-refractivity contribution in [2.45, 2.75) is 79.6 Å². The van der Waals surface area contributed by atoms with Crippen molar-refractivity contribution in [3.8, 4) is 17.2 Å². The maximum absolute atomic E-state index is 12.9. The largest absolute Gasteiger partial charge is 0.425 e. The maximum Gasteiger partial charge on any atom is 0.336 e. The van der Waals surface area contributed by atoms with Crippen LogP contribution in [0.1, 0.15) is 75.1 Å². The van der Waals surface area contributed by atoms with E-state index >= 15 is 0 Å². The lowest BCUT2D eigenvalue weighted by Crippen LogP contribution is -2.26. The van der Waals surface area contributed by atoms with E-state index in [1.165, 1.54) is 38.2 Å². The highest BCUT2D eigenvalue weighted by Gasteiger charge is 2.28. The summed E-state index contributed by atoms with van der Waals surface area (Å²) in [5, 5.41) is 10.4. The summed E-state index contributed by atoms with van der Waals surface area (Å²) in [5.74, 6) is -1.04. The highest BCUT2D eigenvalue weighted by molar-refractivity contribution is 7.26. The van der Waals surface area contributed by atoms with E-state index in [-0.39, 0.29) is 30.4 Å². The van der Waals surface area contributed by atoms with E-state index in [9.17, 15) is 28.8 Å². The predicted octanol–water partition coefficient (Wildman–Crippen LogP) is 8.83. The van der Waals surface area contributed by atoms with Gasteiger partial charge in [-0.1, -0.05) is 61.4 Å². The molecule has 0 aliphatic carbocycles. The Kier molecular flexibility index (Phi) is 12.8. The highest BCUT2D eigenvalue weighted by atomic mass is 32.1. The number of fused-ring (bicyclic) bond motifs is 6. The minimum absolute atomic E-state index is 0.0879.